The minimum absolute atomic E-state index is 0.164. The van der Waals surface area contributed by atoms with Crippen molar-refractivity contribution >= 4 is 16.9 Å². The van der Waals surface area contributed by atoms with Crippen LogP contribution in [0.4, 0.5) is 0 Å². The largest absolute Gasteiger partial charge is 0.494 e. The van der Waals surface area contributed by atoms with Crippen LogP contribution in [-0.2, 0) is 14.1 Å². The van der Waals surface area contributed by atoms with Crippen molar-refractivity contribution in [2.45, 2.75) is 6.92 Å². The van der Waals surface area contributed by atoms with Crippen LogP contribution in [0, 0.1) is 0 Å². The lowest BCUT2D eigenvalue weighted by molar-refractivity contribution is 0.174. The second kappa shape index (κ2) is 7.27. The van der Waals surface area contributed by atoms with Gasteiger partial charge in [-0.3, -0.25) is 22.9 Å². The van der Waals surface area contributed by atoms with E-state index in [-0.39, 0.29) is 6.79 Å². The van der Waals surface area contributed by atoms with E-state index in [2.05, 4.69) is 0 Å². The summed E-state index contributed by atoms with van der Waals surface area (Å²) in [6.07, 6.45) is 1.86. The first kappa shape index (κ1) is 20.2. The summed E-state index contributed by atoms with van der Waals surface area (Å²) < 4.78 is 22.8. The summed E-state index contributed by atoms with van der Waals surface area (Å²) in [6, 6.07) is 13.3. The van der Waals surface area contributed by atoms with Crippen LogP contribution in [0.3, 0.4) is 0 Å². The molecule has 5 aromatic rings. The van der Waals surface area contributed by atoms with Crippen LogP contribution >= 0.6 is 0 Å². The van der Waals surface area contributed by atoms with Crippen molar-refractivity contribution in [3.8, 4) is 34.2 Å². The van der Waals surface area contributed by atoms with Gasteiger partial charge in [-0.1, -0.05) is 0 Å². The molecule has 1 aliphatic heterocycles. The van der Waals surface area contributed by atoms with Gasteiger partial charge in [0.25, 0.3) is 5.56 Å². The van der Waals surface area contributed by atoms with Gasteiger partial charge < -0.3 is 14.2 Å². The first-order valence-electron chi connectivity index (χ1n) is 10.8. The van der Waals surface area contributed by atoms with Gasteiger partial charge in [-0.15, -0.1) is 0 Å². The molecule has 0 saturated heterocycles. The summed E-state index contributed by atoms with van der Waals surface area (Å²) in [5.74, 6) is 2.56. The molecule has 0 fully saturated rings. The Morgan fingerprint density at radius 1 is 1.00 bits per heavy atom. The van der Waals surface area contributed by atoms with Gasteiger partial charge in [0, 0.05) is 31.9 Å². The van der Waals surface area contributed by atoms with Gasteiger partial charge in [-0.2, -0.15) is 4.98 Å². The van der Waals surface area contributed by atoms with E-state index in [9.17, 15) is 9.59 Å². The number of imidazole rings is 2. The van der Waals surface area contributed by atoms with Crippen molar-refractivity contribution in [2.75, 3.05) is 13.4 Å². The lowest BCUT2D eigenvalue weighted by Crippen LogP contribution is -2.37. The molecule has 4 heterocycles. The van der Waals surface area contributed by atoms with Gasteiger partial charge in [-0.05, 0) is 43.3 Å². The van der Waals surface area contributed by atoms with E-state index in [1.807, 2.05) is 60.2 Å². The first-order valence-corrected chi connectivity index (χ1v) is 10.8. The van der Waals surface area contributed by atoms with E-state index in [1.54, 1.807) is 11.4 Å². The maximum absolute atomic E-state index is 13.1. The van der Waals surface area contributed by atoms with E-state index in [0.717, 1.165) is 27.3 Å². The molecule has 10 heteroatoms. The van der Waals surface area contributed by atoms with E-state index in [4.69, 9.17) is 19.2 Å². The molecule has 3 aromatic heterocycles. The minimum Gasteiger partial charge on any atom is -0.494 e. The number of hydrogen-bond donors (Lipinski definition) is 0. The SMILES string of the molecule is CCOc1ccc(-c2cn3c4c(=O)n(C)c(=O)n(C)c4nc3n2-c2ccc3c(c2)OCO3)cc1. The molecule has 34 heavy (non-hydrogen) atoms. The Morgan fingerprint density at radius 3 is 2.53 bits per heavy atom. The minimum atomic E-state index is -0.431. The van der Waals surface area contributed by atoms with Crippen LogP contribution in [0.25, 0.3) is 33.9 Å². The van der Waals surface area contributed by atoms with E-state index in [0.29, 0.717) is 35.0 Å². The predicted octanol–water partition coefficient (Wildman–Crippen LogP) is 2.47. The third-order valence-corrected chi connectivity index (χ3v) is 6.04. The fourth-order valence-corrected chi connectivity index (χ4v) is 4.34. The third kappa shape index (κ3) is 2.78. The Labute approximate surface area is 192 Å². The van der Waals surface area contributed by atoms with Crippen LogP contribution in [0.1, 0.15) is 6.92 Å². The summed E-state index contributed by atoms with van der Waals surface area (Å²) in [5, 5.41) is 0. The zero-order valence-corrected chi connectivity index (χ0v) is 18.8. The average Bonchev–Trinajstić information content (AvgIpc) is 3.55. The maximum atomic E-state index is 13.1. The Morgan fingerprint density at radius 2 is 1.76 bits per heavy atom. The summed E-state index contributed by atoms with van der Waals surface area (Å²) in [4.78, 5) is 30.3. The molecule has 0 atom stereocenters. The number of hydrogen-bond acceptors (Lipinski definition) is 6. The second-order valence-electron chi connectivity index (χ2n) is 8.00. The van der Waals surface area contributed by atoms with Gasteiger partial charge in [0.2, 0.25) is 12.6 Å². The Bertz CT molecular complexity index is 1700. The number of ether oxygens (including phenoxy) is 3. The number of aryl methyl sites for hydroxylation is 1. The van der Waals surface area contributed by atoms with Crippen molar-refractivity contribution in [2.24, 2.45) is 14.1 Å². The molecule has 0 aliphatic carbocycles. The summed E-state index contributed by atoms with van der Waals surface area (Å²) in [6.45, 7) is 2.68. The van der Waals surface area contributed by atoms with Gasteiger partial charge in [0.15, 0.2) is 22.7 Å². The molecule has 0 radical (unpaired) electrons. The molecule has 0 bridgehead atoms. The summed E-state index contributed by atoms with van der Waals surface area (Å²) in [7, 11) is 3.07. The number of nitrogens with zero attached hydrogens (tertiary/aromatic N) is 5. The highest BCUT2D eigenvalue weighted by Crippen LogP contribution is 2.36. The normalized spacial score (nSPS) is 12.7. The quantitative estimate of drug-likeness (QED) is 0.410. The first-order chi connectivity index (χ1) is 16.5. The molecule has 0 saturated carbocycles. The highest BCUT2D eigenvalue weighted by molar-refractivity contribution is 5.79. The molecule has 0 unspecified atom stereocenters. The smallest absolute Gasteiger partial charge is 0.332 e. The fourth-order valence-electron chi connectivity index (χ4n) is 4.34. The van der Waals surface area contributed by atoms with Crippen molar-refractivity contribution in [3.05, 3.63) is 69.5 Å². The van der Waals surface area contributed by atoms with Crippen LogP contribution in [-0.4, -0.2) is 36.5 Å². The lowest BCUT2D eigenvalue weighted by atomic mass is 10.1. The van der Waals surface area contributed by atoms with Gasteiger partial charge in [-0.25, -0.2) is 4.79 Å². The van der Waals surface area contributed by atoms with Gasteiger partial charge >= 0.3 is 5.69 Å². The zero-order valence-electron chi connectivity index (χ0n) is 18.8. The monoisotopic (exact) mass is 459 g/mol. The van der Waals surface area contributed by atoms with Crippen LogP contribution in [0.2, 0.25) is 0 Å². The van der Waals surface area contributed by atoms with Crippen molar-refractivity contribution < 1.29 is 14.2 Å². The Hall–Kier alpha value is -4.47. The fraction of sp³-hybridized carbons (Fsp3) is 0.208. The molecule has 10 nitrogen and oxygen atoms in total. The molecule has 172 valence electrons. The van der Waals surface area contributed by atoms with E-state index in [1.165, 1.54) is 11.6 Å². The van der Waals surface area contributed by atoms with E-state index >= 15 is 0 Å². The summed E-state index contributed by atoms with van der Waals surface area (Å²) in [5.41, 5.74) is 2.29. The van der Waals surface area contributed by atoms with Crippen LogP contribution in [0.5, 0.6) is 17.2 Å². The van der Waals surface area contributed by atoms with E-state index < -0.39 is 11.2 Å². The number of fused-ring (bicyclic) bond motifs is 4. The van der Waals surface area contributed by atoms with Crippen molar-refractivity contribution in [1.82, 2.24) is 23.1 Å². The molecule has 6 rings (SSSR count). The molecule has 0 N–H and O–H groups in total. The molecular formula is C24H21N5O5. The average molecular weight is 459 g/mol. The summed E-state index contributed by atoms with van der Waals surface area (Å²) >= 11 is 0. The standard InChI is InChI=1S/C24H21N5O5/c1-4-32-16-8-5-14(6-9-16)17-12-28-20-21(26(2)24(31)27(3)22(20)30)25-23(28)29(17)15-7-10-18-19(11-15)34-13-33-18/h5-12H,4,13H2,1-3H3. The van der Waals surface area contributed by atoms with Crippen LogP contribution in [0.15, 0.2) is 58.3 Å². The van der Waals surface area contributed by atoms with Gasteiger partial charge in [0.05, 0.1) is 18.0 Å². The Kier molecular flexibility index (Phi) is 4.31. The second-order valence-corrected chi connectivity index (χ2v) is 8.00. The number of rotatable bonds is 4. The molecule has 2 aromatic carbocycles. The zero-order chi connectivity index (χ0) is 23.6. The number of aromatic nitrogens is 5. The third-order valence-electron chi connectivity index (χ3n) is 6.04. The molecule has 1 aliphatic rings. The maximum Gasteiger partial charge on any atom is 0.332 e. The van der Waals surface area contributed by atoms with Crippen LogP contribution < -0.4 is 25.5 Å². The van der Waals surface area contributed by atoms with Crippen molar-refractivity contribution in [3.63, 3.8) is 0 Å². The topological polar surface area (TPSA) is 93.9 Å². The molecule has 0 spiro atoms. The van der Waals surface area contributed by atoms with Gasteiger partial charge in [0.1, 0.15) is 5.75 Å². The highest BCUT2D eigenvalue weighted by atomic mass is 16.7. The number of benzene rings is 2. The predicted molar refractivity (Wildman–Crippen MR) is 125 cm³/mol. The molecular weight excluding hydrogens is 438 g/mol. The molecule has 0 amide bonds. The van der Waals surface area contributed by atoms with Crippen molar-refractivity contribution in [1.29, 1.82) is 0 Å². The highest BCUT2D eigenvalue weighted by Gasteiger charge is 2.23. The Balaban J connectivity index is 1.68. The lowest BCUT2D eigenvalue weighted by Gasteiger charge is -2.11.